The van der Waals surface area contributed by atoms with Gasteiger partial charge in [0.05, 0.1) is 17.7 Å². The highest BCUT2D eigenvalue weighted by atomic mass is 127. The third kappa shape index (κ3) is 6.81. The van der Waals surface area contributed by atoms with Crippen LogP contribution in [0.3, 0.4) is 0 Å². The van der Waals surface area contributed by atoms with Crippen molar-refractivity contribution in [2.24, 2.45) is 10.4 Å². The minimum Gasteiger partial charge on any atom is -0.444 e. The zero-order valence-electron chi connectivity index (χ0n) is 17.1. The van der Waals surface area contributed by atoms with Gasteiger partial charge in [0.2, 0.25) is 11.8 Å². The Hall–Kier alpha value is -2.10. The van der Waals surface area contributed by atoms with Crippen LogP contribution in [0.25, 0.3) is 11.5 Å². The lowest BCUT2D eigenvalue weighted by Gasteiger charge is -2.24. The molecule has 0 bridgehead atoms. The topological polar surface area (TPSA) is 91.5 Å². The van der Waals surface area contributed by atoms with Crippen molar-refractivity contribution < 1.29 is 9.21 Å². The van der Waals surface area contributed by atoms with Crippen molar-refractivity contribution in [1.82, 2.24) is 20.9 Å². The second-order valence-electron chi connectivity index (χ2n) is 7.03. The summed E-state index contributed by atoms with van der Waals surface area (Å²) in [6, 6.07) is 8.03. The molecule has 8 heteroatoms. The maximum Gasteiger partial charge on any atom is 0.227 e. The maximum atomic E-state index is 12.1. The summed E-state index contributed by atoms with van der Waals surface area (Å²) in [6.07, 6.45) is 1.63. The fraction of sp³-hybridized carbons (Fsp3) is 0.450. The largest absolute Gasteiger partial charge is 0.444 e. The van der Waals surface area contributed by atoms with E-state index in [1.54, 1.807) is 13.3 Å². The molecule has 0 radical (unpaired) electrons. The molecule has 0 saturated carbocycles. The predicted molar refractivity (Wildman–Crippen MR) is 123 cm³/mol. The average Bonchev–Trinajstić information content (AvgIpc) is 3.11. The monoisotopic (exact) mass is 499 g/mol. The first-order valence-corrected chi connectivity index (χ1v) is 9.10. The number of rotatable bonds is 7. The first-order chi connectivity index (χ1) is 12.9. The second kappa shape index (κ2) is 11.0. The van der Waals surface area contributed by atoms with Crippen molar-refractivity contribution in [2.45, 2.75) is 34.2 Å². The van der Waals surface area contributed by atoms with E-state index in [-0.39, 0.29) is 29.9 Å². The Labute approximate surface area is 183 Å². The van der Waals surface area contributed by atoms with E-state index in [1.165, 1.54) is 5.56 Å². The average molecular weight is 499 g/mol. The molecule has 2 aromatic rings. The molecule has 154 valence electrons. The number of hydrogen-bond acceptors (Lipinski definition) is 4. The predicted octanol–water partition coefficient (Wildman–Crippen LogP) is 3.10. The number of benzene rings is 1. The molecule has 1 amide bonds. The molecule has 0 fully saturated rings. The van der Waals surface area contributed by atoms with Gasteiger partial charge in [-0.1, -0.05) is 17.7 Å². The standard InChI is InChI=1S/C20H29N5O2.HI/c1-6-22-18(26)20(3,4)13-24-19(21-5)23-11-16-12-27-17(25-16)15-9-7-14(2)8-10-15;/h7-10,12H,6,11,13H2,1-5H3,(H,22,26)(H2,21,23,24);1H. The molecule has 0 aliphatic heterocycles. The lowest BCUT2D eigenvalue weighted by Crippen LogP contribution is -2.47. The summed E-state index contributed by atoms with van der Waals surface area (Å²) in [5.74, 6) is 1.20. The number of amides is 1. The molecule has 0 unspecified atom stereocenters. The molecule has 7 nitrogen and oxygen atoms in total. The first-order valence-electron chi connectivity index (χ1n) is 9.10. The van der Waals surface area contributed by atoms with Gasteiger partial charge in [-0.15, -0.1) is 24.0 Å². The van der Waals surface area contributed by atoms with E-state index >= 15 is 0 Å². The van der Waals surface area contributed by atoms with Gasteiger partial charge in [-0.25, -0.2) is 4.98 Å². The fourth-order valence-electron chi connectivity index (χ4n) is 2.40. The molecule has 1 aromatic carbocycles. The number of aryl methyl sites for hydroxylation is 1. The van der Waals surface area contributed by atoms with Crippen LogP contribution in [-0.4, -0.2) is 37.0 Å². The summed E-state index contributed by atoms with van der Waals surface area (Å²) < 4.78 is 5.56. The van der Waals surface area contributed by atoms with Gasteiger partial charge in [-0.3, -0.25) is 9.79 Å². The van der Waals surface area contributed by atoms with Crippen LogP contribution < -0.4 is 16.0 Å². The number of carbonyl (C=O) groups excluding carboxylic acids is 1. The SMILES string of the molecule is CCNC(=O)C(C)(C)CNC(=NC)NCc1coc(-c2ccc(C)cc2)n1.I. The summed E-state index contributed by atoms with van der Waals surface area (Å²) in [5, 5.41) is 9.22. The van der Waals surface area contributed by atoms with Gasteiger partial charge >= 0.3 is 0 Å². The smallest absolute Gasteiger partial charge is 0.227 e. The molecule has 0 aliphatic rings. The summed E-state index contributed by atoms with van der Waals surface area (Å²) in [6.45, 7) is 9.28. The molecular weight excluding hydrogens is 469 g/mol. The highest BCUT2D eigenvalue weighted by Crippen LogP contribution is 2.19. The van der Waals surface area contributed by atoms with Crippen molar-refractivity contribution in [3.05, 3.63) is 41.8 Å². The van der Waals surface area contributed by atoms with Crippen LogP contribution in [0.2, 0.25) is 0 Å². The normalized spacial score (nSPS) is 11.5. The van der Waals surface area contributed by atoms with Crippen LogP contribution in [0.1, 0.15) is 32.0 Å². The molecule has 1 aromatic heterocycles. The number of hydrogen-bond donors (Lipinski definition) is 3. The number of guanidine groups is 1. The van der Waals surface area contributed by atoms with Crippen LogP contribution in [0.5, 0.6) is 0 Å². The molecule has 0 spiro atoms. The van der Waals surface area contributed by atoms with Gasteiger partial charge in [0.1, 0.15) is 6.26 Å². The minimum absolute atomic E-state index is 0. The van der Waals surface area contributed by atoms with Gasteiger partial charge < -0.3 is 20.4 Å². The molecule has 0 atom stereocenters. The summed E-state index contributed by atoms with van der Waals surface area (Å²) in [4.78, 5) is 20.8. The third-order valence-corrected chi connectivity index (χ3v) is 4.16. The van der Waals surface area contributed by atoms with E-state index in [2.05, 4.69) is 25.9 Å². The van der Waals surface area contributed by atoms with E-state index in [9.17, 15) is 4.79 Å². The third-order valence-electron chi connectivity index (χ3n) is 4.16. The zero-order valence-corrected chi connectivity index (χ0v) is 19.5. The zero-order chi connectivity index (χ0) is 19.9. The highest BCUT2D eigenvalue weighted by Gasteiger charge is 2.27. The van der Waals surface area contributed by atoms with Crippen LogP contribution in [0, 0.1) is 12.3 Å². The van der Waals surface area contributed by atoms with Gasteiger partial charge in [0, 0.05) is 25.7 Å². The Balaban J connectivity index is 0.00000392. The molecule has 0 saturated heterocycles. The minimum atomic E-state index is -0.542. The van der Waals surface area contributed by atoms with Gasteiger partial charge in [-0.05, 0) is 39.8 Å². The van der Waals surface area contributed by atoms with Gasteiger partial charge in [0.25, 0.3) is 0 Å². The number of nitrogens with zero attached hydrogens (tertiary/aromatic N) is 2. The van der Waals surface area contributed by atoms with Crippen molar-refractivity contribution in [3.63, 3.8) is 0 Å². The number of aliphatic imine (C=N–C) groups is 1. The van der Waals surface area contributed by atoms with Crippen molar-refractivity contribution in [3.8, 4) is 11.5 Å². The van der Waals surface area contributed by atoms with E-state index in [0.29, 0.717) is 31.5 Å². The lowest BCUT2D eigenvalue weighted by molar-refractivity contribution is -0.128. The maximum absolute atomic E-state index is 12.1. The van der Waals surface area contributed by atoms with Crippen LogP contribution in [0.4, 0.5) is 0 Å². The fourth-order valence-corrected chi connectivity index (χ4v) is 2.40. The molecule has 28 heavy (non-hydrogen) atoms. The second-order valence-corrected chi connectivity index (χ2v) is 7.03. The van der Waals surface area contributed by atoms with E-state index < -0.39 is 5.41 Å². The molecule has 2 rings (SSSR count). The number of carbonyl (C=O) groups is 1. The number of aromatic nitrogens is 1. The van der Waals surface area contributed by atoms with Crippen molar-refractivity contribution in [2.75, 3.05) is 20.1 Å². The number of oxazole rings is 1. The number of halogens is 1. The van der Waals surface area contributed by atoms with Gasteiger partial charge in [0.15, 0.2) is 5.96 Å². The number of nitrogens with one attached hydrogen (secondary N) is 3. The van der Waals surface area contributed by atoms with E-state index in [4.69, 9.17) is 4.42 Å². The van der Waals surface area contributed by atoms with Crippen molar-refractivity contribution in [1.29, 1.82) is 0 Å². The Morgan fingerprint density at radius 2 is 1.86 bits per heavy atom. The molecule has 3 N–H and O–H groups in total. The summed E-state index contributed by atoms with van der Waals surface area (Å²) in [5.41, 5.74) is 2.37. The molecular formula is C20H30IN5O2. The molecule has 1 heterocycles. The first kappa shape index (κ1) is 23.9. The lowest BCUT2D eigenvalue weighted by atomic mass is 9.92. The van der Waals surface area contributed by atoms with Crippen LogP contribution >= 0.6 is 24.0 Å². The Morgan fingerprint density at radius 3 is 2.46 bits per heavy atom. The molecule has 0 aliphatic carbocycles. The Bertz CT molecular complexity index is 784. The Kier molecular flexibility index (Phi) is 9.44. The van der Waals surface area contributed by atoms with Crippen LogP contribution in [-0.2, 0) is 11.3 Å². The summed E-state index contributed by atoms with van der Waals surface area (Å²) >= 11 is 0. The van der Waals surface area contributed by atoms with Gasteiger partial charge in [-0.2, -0.15) is 0 Å². The van der Waals surface area contributed by atoms with E-state index in [0.717, 1.165) is 11.3 Å². The highest BCUT2D eigenvalue weighted by molar-refractivity contribution is 14.0. The Morgan fingerprint density at radius 1 is 1.18 bits per heavy atom. The quantitative estimate of drug-likeness (QED) is 0.310. The van der Waals surface area contributed by atoms with Crippen molar-refractivity contribution >= 4 is 35.8 Å². The van der Waals surface area contributed by atoms with E-state index in [1.807, 2.05) is 52.0 Å². The van der Waals surface area contributed by atoms with Crippen LogP contribution in [0.15, 0.2) is 39.9 Å². The summed E-state index contributed by atoms with van der Waals surface area (Å²) in [7, 11) is 1.69.